The van der Waals surface area contributed by atoms with Crippen LogP contribution in [0.5, 0.6) is 0 Å². The Morgan fingerprint density at radius 2 is 1.74 bits per heavy atom. The van der Waals surface area contributed by atoms with Gasteiger partial charge in [0.1, 0.15) is 0 Å². The molecule has 2 rings (SSSR count). The number of piperazine rings is 1. The molecule has 106 valence electrons. The molecular formula is C16H27N3. The second kappa shape index (κ2) is 6.51. The molecule has 19 heavy (non-hydrogen) atoms. The minimum Gasteiger partial charge on any atom is -0.329 e. The lowest BCUT2D eigenvalue weighted by atomic mass is 10.0. The molecule has 1 aliphatic rings. The van der Waals surface area contributed by atoms with Crippen LogP contribution >= 0.6 is 0 Å². The number of nitrogens with two attached hydrogens (primary N) is 1. The van der Waals surface area contributed by atoms with Crippen LogP contribution in [-0.4, -0.2) is 48.6 Å². The third kappa shape index (κ3) is 3.56. The second-order valence-electron chi connectivity index (χ2n) is 5.83. The first-order chi connectivity index (χ1) is 9.11. The van der Waals surface area contributed by atoms with Gasteiger partial charge in [0.2, 0.25) is 0 Å². The minimum absolute atomic E-state index is 0.370. The third-order valence-electron chi connectivity index (χ3n) is 4.17. The summed E-state index contributed by atoms with van der Waals surface area (Å²) < 4.78 is 0. The molecule has 1 atom stereocenters. The van der Waals surface area contributed by atoms with E-state index < -0.39 is 0 Å². The lowest BCUT2D eigenvalue weighted by Gasteiger charge is -2.40. The Bertz CT molecular complexity index is 395. The highest BCUT2D eigenvalue weighted by molar-refractivity contribution is 5.25. The van der Waals surface area contributed by atoms with Crippen LogP contribution in [0.2, 0.25) is 0 Å². The molecule has 0 bridgehead atoms. The van der Waals surface area contributed by atoms with Gasteiger partial charge in [-0.25, -0.2) is 0 Å². The molecule has 1 fully saturated rings. The maximum Gasteiger partial charge on any atom is 0.0471 e. The summed E-state index contributed by atoms with van der Waals surface area (Å²) in [5, 5.41) is 0. The Hall–Kier alpha value is -0.900. The molecule has 0 spiro atoms. The number of hydrogen-bond donors (Lipinski definition) is 1. The Balaban J connectivity index is 2.03. The van der Waals surface area contributed by atoms with E-state index in [9.17, 15) is 0 Å². The summed E-state index contributed by atoms with van der Waals surface area (Å²) in [4.78, 5) is 5.08. The summed E-state index contributed by atoms with van der Waals surface area (Å²) >= 11 is 0. The minimum atomic E-state index is 0.370. The standard InChI is InChI=1S/C16H27N3/c1-13(2)18-7-9-19(10-8-18)16(12-17)15-6-4-5-14(3)11-15/h4-6,11,13,16H,7-10,12,17H2,1-3H3. The highest BCUT2D eigenvalue weighted by atomic mass is 15.3. The third-order valence-corrected chi connectivity index (χ3v) is 4.17. The molecule has 0 aliphatic carbocycles. The van der Waals surface area contributed by atoms with Crippen molar-refractivity contribution in [2.45, 2.75) is 32.9 Å². The molecule has 2 N–H and O–H groups in total. The van der Waals surface area contributed by atoms with Gasteiger partial charge in [-0.2, -0.15) is 0 Å². The van der Waals surface area contributed by atoms with E-state index in [1.54, 1.807) is 0 Å². The molecule has 3 nitrogen and oxygen atoms in total. The molecule has 1 aromatic carbocycles. The van der Waals surface area contributed by atoms with Crippen molar-refractivity contribution in [3.05, 3.63) is 35.4 Å². The van der Waals surface area contributed by atoms with Gasteiger partial charge in [0.15, 0.2) is 0 Å². The van der Waals surface area contributed by atoms with E-state index in [0.29, 0.717) is 18.6 Å². The Labute approximate surface area is 117 Å². The van der Waals surface area contributed by atoms with Gasteiger partial charge < -0.3 is 5.73 Å². The lowest BCUT2D eigenvalue weighted by molar-refractivity contribution is 0.0802. The monoisotopic (exact) mass is 261 g/mol. The fraction of sp³-hybridized carbons (Fsp3) is 0.625. The van der Waals surface area contributed by atoms with Crippen LogP contribution in [0, 0.1) is 6.92 Å². The average Bonchev–Trinajstić information content (AvgIpc) is 2.40. The van der Waals surface area contributed by atoms with Crippen LogP contribution in [0.1, 0.15) is 31.0 Å². The van der Waals surface area contributed by atoms with Crippen LogP contribution in [0.25, 0.3) is 0 Å². The summed E-state index contributed by atoms with van der Waals surface area (Å²) in [6.45, 7) is 11.9. The number of benzene rings is 1. The highest BCUT2D eigenvalue weighted by Gasteiger charge is 2.24. The number of rotatable bonds is 4. The molecule has 0 radical (unpaired) electrons. The van der Waals surface area contributed by atoms with Gasteiger partial charge in [0, 0.05) is 44.8 Å². The second-order valence-corrected chi connectivity index (χ2v) is 5.83. The van der Waals surface area contributed by atoms with Gasteiger partial charge >= 0.3 is 0 Å². The number of hydrogen-bond acceptors (Lipinski definition) is 3. The Morgan fingerprint density at radius 1 is 1.11 bits per heavy atom. The van der Waals surface area contributed by atoms with E-state index in [1.807, 2.05) is 0 Å². The predicted molar refractivity (Wildman–Crippen MR) is 81.3 cm³/mol. The highest BCUT2D eigenvalue weighted by Crippen LogP contribution is 2.22. The van der Waals surface area contributed by atoms with E-state index in [4.69, 9.17) is 5.73 Å². The molecule has 1 aliphatic heterocycles. The van der Waals surface area contributed by atoms with Crippen molar-refractivity contribution in [3.8, 4) is 0 Å². The first-order valence-electron chi connectivity index (χ1n) is 7.36. The first kappa shape index (κ1) is 14.5. The predicted octanol–water partition coefficient (Wildman–Crippen LogP) is 2.02. The summed E-state index contributed by atoms with van der Waals surface area (Å²) in [5.41, 5.74) is 8.70. The average molecular weight is 261 g/mol. The largest absolute Gasteiger partial charge is 0.329 e. The van der Waals surface area contributed by atoms with Crippen LogP contribution in [0.4, 0.5) is 0 Å². The van der Waals surface area contributed by atoms with Crippen molar-refractivity contribution >= 4 is 0 Å². The Morgan fingerprint density at radius 3 is 2.26 bits per heavy atom. The van der Waals surface area contributed by atoms with E-state index in [-0.39, 0.29) is 0 Å². The van der Waals surface area contributed by atoms with Crippen molar-refractivity contribution in [1.82, 2.24) is 9.80 Å². The van der Waals surface area contributed by atoms with Crippen LogP contribution in [0.3, 0.4) is 0 Å². The van der Waals surface area contributed by atoms with Crippen LogP contribution in [-0.2, 0) is 0 Å². The van der Waals surface area contributed by atoms with Gasteiger partial charge in [-0.3, -0.25) is 9.80 Å². The fourth-order valence-corrected chi connectivity index (χ4v) is 2.94. The van der Waals surface area contributed by atoms with Crippen LogP contribution < -0.4 is 5.73 Å². The van der Waals surface area contributed by atoms with Crippen LogP contribution in [0.15, 0.2) is 24.3 Å². The molecule has 0 aromatic heterocycles. The molecule has 1 saturated heterocycles. The van der Waals surface area contributed by atoms with Crippen molar-refractivity contribution in [2.75, 3.05) is 32.7 Å². The SMILES string of the molecule is Cc1cccc(C(CN)N2CCN(C(C)C)CC2)c1. The number of aryl methyl sites for hydroxylation is 1. The molecule has 1 heterocycles. The smallest absolute Gasteiger partial charge is 0.0471 e. The first-order valence-corrected chi connectivity index (χ1v) is 7.36. The zero-order valence-corrected chi connectivity index (χ0v) is 12.5. The van der Waals surface area contributed by atoms with Crippen molar-refractivity contribution < 1.29 is 0 Å². The number of nitrogens with zero attached hydrogens (tertiary/aromatic N) is 2. The van der Waals surface area contributed by atoms with Crippen molar-refractivity contribution in [1.29, 1.82) is 0 Å². The summed E-state index contributed by atoms with van der Waals surface area (Å²) in [6, 6.07) is 9.78. The van der Waals surface area contributed by atoms with E-state index in [0.717, 1.165) is 26.2 Å². The molecule has 3 heteroatoms. The molecular weight excluding hydrogens is 234 g/mol. The Kier molecular flexibility index (Phi) is 4.97. The topological polar surface area (TPSA) is 32.5 Å². The van der Waals surface area contributed by atoms with Gasteiger partial charge in [-0.15, -0.1) is 0 Å². The normalized spacial score (nSPS) is 19.8. The zero-order valence-electron chi connectivity index (χ0n) is 12.5. The van der Waals surface area contributed by atoms with Gasteiger partial charge in [-0.1, -0.05) is 29.8 Å². The molecule has 1 unspecified atom stereocenters. The molecule has 0 saturated carbocycles. The lowest BCUT2D eigenvalue weighted by Crippen LogP contribution is -2.50. The maximum atomic E-state index is 6.02. The summed E-state index contributed by atoms with van der Waals surface area (Å²) in [6.07, 6.45) is 0. The zero-order chi connectivity index (χ0) is 13.8. The van der Waals surface area contributed by atoms with Gasteiger partial charge in [0.25, 0.3) is 0 Å². The van der Waals surface area contributed by atoms with Crippen molar-refractivity contribution in [2.24, 2.45) is 5.73 Å². The molecule has 1 aromatic rings. The van der Waals surface area contributed by atoms with E-state index >= 15 is 0 Å². The van der Waals surface area contributed by atoms with E-state index in [2.05, 4.69) is 54.8 Å². The van der Waals surface area contributed by atoms with E-state index in [1.165, 1.54) is 11.1 Å². The van der Waals surface area contributed by atoms with Gasteiger partial charge in [-0.05, 0) is 26.3 Å². The van der Waals surface area contributed by atoms with Gasteiger partial charge in [0.05, 0.1) is 0 Å². The fourth-order valence-electron chi connectivity index (χ4n) is 2.94. The molecule has 0 amide bonds. The summed E-state index contributed by atoms with van der Waals surface area (Å²) in [7, 11) is 0. The van der Waals surface area contributed by atoms with Crippen molar-refractivity contribution in [3.63, 3.8) is 0 Å². The quantitative estimate of drug-likeness (QED) is 0.900. The maximum absolute atomic E-state index is 6.02. The summed E-state index contributed by atoms with van der Waals surface area (Å²) in [5.74, 6) is 0.